The second kappa shape index (κ2) is 5.84. The number of rotatable bonds is 3. The molecule has 1 fully saturated rings. The lowest BCUT2D eigenvalue weighted by Crippen LogP contribution is -2.38. The summed E-state index contributed by atoms with van der Waals surface area (Å²) in [4.78, 5) is 0. The van der Waals surface area contributed by atoms with Gasteiger partial charge in [-0.3, -0.25) is 0 Å². The highest BCUT2D eigenvalue weighted by molar-refractivity contribution is 8.06. The minimum atomic E-state index is 0.194. The van der Waals surface area contributed by atoms with Crippen molar-refractivity contribution in [1.82, 2.24) is 0 Å². The molecule has 4 heteroatoms. The summed E-state index contributed by atoms with van der Waals surface area (Å²) in [6.07, 6.45) is 0.854. The first-order valence-electron chi connectivity index (χ1n) is 5.48. The fourth-order valence-electron chi connectivity index (χ4n) is 1.84. The number of nitrogens with two attached hydrogens (primary N) is 1. The highest BCUT2D eigenvalue weighted by Gasteiger charge is 2.21. The molecule has 2 rings (SSSR count). The van der Waals surface area contributed by atoms with Crippen molar-refractivity contribution in [2.24, 2.45) is 5.73 Å². The number of phenolic OH excluding ortho intramolecular Hbond substituents is 1. The molecular formula is C12H17NOS2. The Balaban J connectivity index is 1.93. The van der Waals surface area contributed by atoms with Gasteiger partial charge in [-0.25, -0.2) is 0 Å². The van der Waals surface area contributed by atoms with E-state index in [1.165, 1.54) is 11.5 Å². The van der Waals surface area contributed by atoms with Crippen molar-refractivity contribution in [2.75, 3.05) is 17.3 Å². The van der Waals surface area contributed by atoms with Crippen molar-refractivity contribution >= 4 is 23.5 Å². The minimum Gasteiger partial charge on any atom is -0.508 e. The van der Waals surface area contributed by atoms with Crippen LogP contribution in [0.3, 0.4) is 0 Å². The number of thioether (sulfide) groups is 2. The normalized spacial score (nSPS) is 22.9. The molecular weight excluding hydrogens is 238 g/mol. The van der Waals surface area contributed by atoms with Crippen LogP contribution in [0.5, 0.6) is 5.75 Å². The van der Waals surface area contributed by atoms with Crippen molar-refractivity contribution in [2.45, 2.75) is 17.7 Å². The molecule has 88 valence electrons. The quantitative estimate of drug-likeness (QED) is 0.868. The Morgan fingerprint density at radius 2 is 2.31 bits per heavy atom. The van der Waals surface area contributed by atoms with E-state index in [0.717, 1.165) is 17.7 Å². The summed E-state index contributed by atoms with van der Waals surface area (Å²) in [5.41, 5.74) is 7.34. The molecule has 0 radical (unpaired) electrons. The van der Waals surface area contributed by atoms with Crippen LogP contribution in [0.15, 0.2) is 24.3 Å². The zero-order valence-corrected chi connectivity index (χ0v) is 10.8. The molecule has 0 aliphatic carbocycles. The van der Waals surface area contributed by atoms with E-state index in [1.807, 2.05) is 35.7 Å². The first-order valence-corrected chi connectivity index (χ1v) is 7.69. The monoisotopic (exact) mass is 255 g/mol. The maximum absolute atomic E-state index is 9.39. The molecule has 3 N–H and O–H groups in total. The van der Waals surface area contributed by atoms with Crippen LogP contribution in [-0.4, -0.2) is 33.7 Å². The number of hydrogen-bond acceptors (Lipinski definition) is 4. The largest absolute Gasteiger partial charge is 0.508 e. The van der Waals surface area contributed by atoms with Crippen molar-refractivity contribution in [1.29, 1.82) is 0 Å². The van der Waals surface area contributed by atoms with E-state index in [9.17, 15) is 5.11 Å². The summed E-state index contributed by atoms with van der Waals surface area (Å²) in [5.74, 6) is 3.95. The average molecular weight is 255 g/mol. The topological polar surface area (TPSA) is 46.2 Å². The van der Waals surface area contributed by atoms with Crippen LogP contribution in [0, 0.1) is 0 Å². The van der Waals surface area contributed by atoms with Gasteiger partial charge in [0, 0.05) is 28.6 Å². The van der Waals surface area contributed by atoms with E-state index in [-0.39, 0.29) is 6.04 Å². The van der Waals surface area contributed by atoms with E-state index in [4.69, 9.17) is 5.73 Å². The Hall–Kier alpha value is -0.320. The molecule has 1 aromatic carbocycles. The summed E-state index contributed by atoms with van der Waals surface area (Å²) < 4.78 is 0. The molecule has 2 nitrogen and oxygen atoms in total. The standard InChI is InChI=1S/C12H17NOS2/c13-11(12-8-15-4-5-16-12)7-9-2-1-3-10(14)6-9/h1-3,6,11-12,14H,4-5,7-8,13H2. The number of phenols is 1. The third kappa shape index (κ3) is 3.34. The van der Waals surface area contributed by atoms with Crippen molar-refractivity contribution in [3.05, 3.63) is 29.8 Å². The van der Waals surface area contributed by atoms with E-state index in [1.54, 1.807) is 12.1 Å². The molecule has 1 saturated heterocycles. The Bertz CT molecular complexity index is 340. The summed E-state index contributed by atoms with van der Waals surface area (Å²) in [6, 6.07) is 7.60. The van der Waals surface area contributed by atoms with Crippen LogP contribution in [0.2, 0.25) is 0 Å². The fraction of sp³-hybridized carbons (Fsp3) is 0.500. The maximum Gasteiger partial charge on any atom is 0.115 e. The van der Waals surface area contributed by atoms with Crippen molar-refractivity contribution in [3.8, 4) is 5.75 Å². The van der Waals surface area contributed by atoms with Gasteiger partial charge < -0.3 is 10.8 Å². The van der Waals surface area contributed by atoms with E-state index < -0.39 is 0 Å². The molecule has 0 amide bonds. The second-order valence-corrected chi connectivity index (χ2v) is 6.52. The van der Waals surface area contributed by atoms with Crippen LogP contribution < -0.4 is 5.73 Å². The van der Waals surface area contributed by atoms with Crippen LogP contribution in [0.4, 0.5) is 0 Å². The van der Waals surface area contributed by atoms with Gasteiger partial charge in [0.15, 0.2) is 0 Å². The first-order chi connectivity index (χ1) is 7.75. The van der Waals surface area contributed by atoms with Gasteiger partial charge in [-0.2, -0.15) is 23.5 Å². The molecule has 1 heterocycles. The summed E-state index contributed by atoms with van der Waals surface area (Å²) in [5, 5.41) is 9.94. The molecule has 0 spiro atoms. The molecule has 0 saturated carbocycles. The Morgan fingerprint density at radius 1 is 1.44 bits per heavy atom. The summed E-state index contributed by atoms with van der Waals surface area (Å²) >= 11 is 3.98. The Morgan fingerprint density at radius 3 is 3.00 bits per heavy atom. The lowest BCUT2D eigenvalue weighted by Gasteiger charge is -2.26. The predicted molar refractivity (Wildman–Crippen MR) is 73.4 cm³/mol. The lowest BCUT2D eigenvalue weighted by atomic mass is 10.0. The Labute approximate surface area is 105 Å². The zero-order valence-electron chi connectivity index (χ0n) is 9.13. The number of hydrogen-bond donors (Lipinski definition) is 2. The van der Waals surface area contributed by atoms with Gasteiger partial charge in [-0.1, -0.05) is 12.1 Å². The molecule has 0 aromatic heterocycles. The van der Waals surface area contributed by atoms with Gasteiger partial charge in [0.25, 0.3) is 0 Å². The fourth-order valence-corrected chi connectivity index (χ4v) is 4.66. The van der Waals surface area contributed by atoms with Gasteiger partial charge in [0.05, 0.1) is 0 Å². The van der Waals surface area contributed by atoms with E-state index in [0.29, 0.717) is 11.0 Å². The Kier molecular flexibility index (Phi) is 4.44. The molecule has 1 aromatic rings. The van der Waals surface area contributed by atoms with Gasteiger partial charge in [-0.05, 0) is 24.1 Å². The lowest BCUT2D eigenvalue weighted by molar-refractivity contribution is 0.474. The number of aromatic hydroxyl groups is 1. The smallest absolute Gasteiger partial charge is 0.115 e. The summed E-state index contributed by atoms with van der Waals surface area (Å²) in [6.45, 7) is 0. The number of benzene rings is 1. The minimum absolute atomic E-state index is 0.194. The van der Waals surface area contributed by atoms with Crippen LogP contribution in [-0.2, 0) is 6.42 Å². The molecule has 2 unspecified atom stereocenters. The third-order valence-electron chi connectivity index (χ3n) is 2.70. The third-order valence-corrected chi connectivity index (χ3v) is 5.64. The van der Waals surface area contributed by atoms with Gasteiger partial charge in [0.1, 0.15) is 5.75 Å². The highest BCUT2D eigenvalue weighted by atomic mass is 32.2. The SMILES string of the molecule is NC(Cc1cccc(O)c1)C1CSCCS1. The van der Waals surface area contributed by atoms with Gasteiger partial charge in [-0.15, -0.1) is 0 Å². The molecule has 16 heavy (non-hydrogen) atoms. The van der Waals surface area contributed by atoms with Gasteiger partial charge >= 0.3 is 0 Å². The maximum atomic E-state index is 9.39. The van der Waals surface area contributed by atoms with Crippen molar-refractivity contribution in [3.63, 3.8) is 0 Å². The van der Waals surface area contributed by atoms with Crippen LogP contribution in [0.1, 0.15) is 5.56 Å². The second-order valence-electron chi connectivity index (χ2n) is 4.02. The zero-order chi connectivity index (χ0) is 11.4. The highest BCUT2D eigenvalue weighted by Crippen LogP contribution is 2.27. The van der Waals surface area contributed by atoms with E-state index in [2.05, 4.69) is 0 Å². The molecule has 2 atom stereocenters. The van der Waals surface area contributed by atoms with E-state index >= 15 is 0 Å². The van der Waals surface area contributed by atoms with Crippen LogP contribution in [0.25, 0.3) is 0 Å². The van der Waals surface area contributed by atoms with Crippen LogP contribution >= 0.6 is 23.5 Å². The molecule has 1 aliphatic rings. The predicted octanol–water partition coefficient (Wildman–Crippen LogP) is 2.11. The van der Waals surface area contributed by atoms with Crippen molar-refractivity contribution < 1.29 is 5.11 Å². The molecule has 0 bridgehead atoms. The van der Waals surface area contributed by atoms with Gasteiger partial charge in [0.2, 0.25) is 0 Å². The summed E-state index contributed by atoms with van der Waals surface area (Å²) in [7, 11) is 0. The molecule has 1 aliphatic heterocycles. The first kappa shape index (κ1) is 12.1. The average Bonchev–Trinajstić information content (AvgIpc) is 2.30.